The van der Waals surface area contributed by atoms with Gasteiger partial charge in [-0.1, -0.05) is 0 Å². The van der Waals surface area contributed by atoms with Crippen LogP contribution in [0.15, 0.2) is 24.3 Å². The lowest BCUT2D eigenvalue weighted by atomic mass is 10.2. The average Bonchev–Trinajstić information content (AvgIpc) is 3.37. The number of nitrogens with zero attached hydrogens (tertiary/aromatic N) is 3. The minimum Gasteiger partial charge on any atom is -0.326 e. The molecule has 0 spiro atoms. The smallest absolute Gasteiger partial charge is 0.312 e. The van der Waals surface area contributed by atoms with Crippen molar-refractivity contribution >= 4 is 28.9 Å². The quantitative estimate of drug-likeness (QED) is 0.608. The van der Waals surface area contributed by atoms with Gasteiger partial charge in [0.15, 0.2) is 0 Å². The number of rotatable bonds is 6. The lowest BCUT2D eigenvalue weighted by Gasteiger charge is -2.08. The normalized spacial score (nSPS) is 13.3. The molecule has 0 aliphatic heterocycles. The summed E-state index contributed by atoms with van der Waals surface area (Å²) in [7, 11) is 0. The average molecular weight is 357 g/mol. The first-order chi connectivity index (χ1) is 12.3. The number of carbonyl (C=O) groups excluding carboxylic acids is 2. The van der Waals surface area contributed by atoms with Gasteiger partial charge >= 0.3 is 5.69 Å². The van der Waals surface area contributed by atoms with Crippen LogP contribution in [0.1, 0.15) is 24.2 Å². The van der Waals surface area contributed by atoms with E-state index in [1.54, 1.807) is 31.2 Å². The molecule has 1 aromatic carbocycles. The van der Waals surface area contributed by atoms with Gasteiger partial charge in [0.25, 0.3) is 0 Å². The van der Waals surface area contributed by atoms with Gasteiger partial charge in [-0.05, 0) is 51.0 Å². The molecule has 9 nitrogen and oxygen atoms in total. The van der Waals surface area contributed by atoms with E-state index >= 15 is 0 Å². The minimum atomic E-state index is -0.499. The summed E-state index contributed by atoms with van der Waals surface area (Å²) in [5.74, 6) is -0.202. The highest BCUT2D eigenvalue weighted by atomic mass is 16.6. The van der Waals surface area contributed by atoms with Crippen molar-refractivity contribution in [1.29, 1.82) is 0 Å². The molecule has 9 heteroatoms. The summed E-state index contributed by atoms with van der Waals surface area (Å²) in [6, 6.07) is 6.79. The van der Waals surface area contributed by atoms with E-state index in [2.05, 4.69) is 15.7 Å². The van der Waals surface area contributed by atoms with Crippen molar-refractivity contribution in [1.82, 2.24) is 9.78 Å². The van der Waals surface area contributed by atoms with E-state index in [-0.39, 0.29) is 35.7 Å². The first kappa shape index (κ1) is 17.6. The molecular formula is C17H19N5O4. The van der Waals surface area contributed by atoms with Crippen molar-refractivity contribution in [3.05, 3.63) is 45.8 Å². The Balaban J connectivity index is 1.60. The molecule has 2 N–H and O–H groups in total. The van der Waals surface area contributed by atoms with E-state index in [9.17, 15) is 19.7 Å². The third-order valence-corrected chi connectivity index (χ3v) is 4.20. The number of nitrogens with one attached hydrogen (secondary N) is 2. The first-order valence-corrected chi connectivity index (χ1v) is 8.24. The van der Waals surface area contributed by atoms with Crippen LogP contribution in [-0.4, -0.2) is 26.5 Å². The standard InChI is InChI=1S/C17H19N5O4/c1-10-16(22(25)26)11(2)21(20-10)9-15(23)18-13-5-7-14(8-6-13)19-17(24)12-3-4-12/h5-8,12H,3-4,9H2,1-2H3,(H,18,23)(H,19,24). The van der Waals surface area contributed by atoms with Gasteiger partial charge in [-0.2, -0.15) is 5.10 Å². The molecule has 1 aliphatic carbocycles. The van der Waals surface area contributed by atoms with Crippen molar-refractivity contribution < 1.29 is 14.5 Å². The highest BCUT2D eigenvalue weighted by molar-refractivity contribution is 5.95. The van der Waals surface area contributed by atoms with Crippen LogP contribution in [0.4, 0.5) is 17.1 Å². The van der Waals surface area contributed by atoms with Crippen molar-refractivity contribution in [2.75, 3.05) is 10.6 Å². The molecule has 1 saturated carbocycles. The summed E-state index contributed by atoms with van der Waals surface area (Å²) in [5.41, 5.74) is 1.77. The van der Waals surface area contributed by atoms with Gasteiger partial charge in [-0.25, -0.2) is 0 Å². The molecule has 0 saturated heterocycles. The predicted molar refractivity (Wildman–Crippen MR) is 94.8 cm³/mol. The van der Waals surface area contributed by atoms with Crippen LogP contribution in [0.2, 0.25) is 0 Å². The second-order valence-electron chi connectivity index (χ2n) is 6.32. The third-order valence-electron chi connectivity index (χ3n) is 4.20. The lowest BCUT2D eigenvalue weighted by Crippen LogP contribution is -2.20. The molecule has 2 amide bonds. The zero-order valence-corrected chi connectivity index (χ0v) is 14.5. The number of anilines is 2. The topological polar surface area (TPSA) is 119 Å². The van der Waals surface area contributed by atoms with E-state index in [1.165, 1.54) is 11.6 Å². The van der Waals surface area contributed by atoms with Gasteiger partial charge in [-0.3, -0.25) is 24.4 Å². The maximum absolute atomic E-state index is 12.2. The fourth-order valence-corrected chi connectivity index (χ4v) is 2.67. The van der Waals surface area contributed by atoms with Gasteiger partial charge in [-0.15, -0.1) is 0 Å². The summed E-state index contributed by atoms with van der Waals surface area (Å²) in [6.07, 6.45) is 1.87. The lowest BCUT2D eigenvalue weighted by molar-refractivity contribution is -0.386. The van der Waals surface area contributed by atoms with Gasteiger partial charge in [0.1, 0.15) is 17.9 Å². The van der Waals surface area contributed by atoms with E-state index in [4.69, 9.17) is 0 Å². The van der Waals surface area contributed by atoms with Crippen molar-refractivity contribution in [3.63, 3.8) is 0 Å². The van der Waals surface area contributed by atoms with Crippen LogP contribution in [0.5, 0.6) is 0 Å². The number of nitro groups is 1. The fourth-order valence-electron chi connectivity index (χ4n) is 2.67. The van der Waals surface area contributed by atoms with E-state index < -0.39 is 4.92 Å². The highest BCUT2D eigenvalue weighted by Gasteiger charge is 2.29. The first-order valence-electron chi connectivity index (χ1n) is 8.24. The number of aryl methyl sites for hydroxylation is 1. The van der Waals surface area contributed by atoms with Gasteiger partial charge in [0.05, 0.1) is 4.92 Å². The molecular weight excluding hydrogens is 338 g/mol. The monoisotopic (exact) mass is 357 g/mol. The number of carbonyl (C=O) groups is 2. The Bertz CT molecular complexity index is 868. The molecule has 1 aromatic heterocycles. The molecule has 0 bridgehead atoms. The number of hydrogen-bond donors (Lipinski definition) is 2. The van der Waals surface area contributed by atoms with Crippen molar-refractivity contribution in [2.45, 2.75) is 33.2 Å². The summed E-state index contributed by atoms with van der Waals surface area (Å²) < 4.78 is 1.31. The van der Waals surface area contributed by atoms with E-state index in [0.717, 1.165) is 12.8 Å². The zero-order valence-electron chi connectivity index (χ0n) is 14.5. The summed E-state index contributed by atoms with van der Waals surface area (Å²) in [6.45, 7) is 2.97. The predicted octanol–water partition coefficient (Wildman–Crippen LogP) is 2.40. The van der Waals surface area contributed by atoms with Gasteiger partial charge in [0, 0.05) is 17.3 Å². The molecule has 1 heterocycles. The number of aromatic nitrogens is 2. The molecule has 0 radical (unpaired) electrons. The van der Waals surface area contributed by atoms with Crippen LogP contribution in [0.3, 0.4) is 0 Å². The Morgan fingerprint density at radius 2 is 1.77 bits per heavy atom. The molecule has 2 aromatic rings. The van der Waals surface area contributed by atoms with E-state index in [0.29, 0.717) is 17.1 Å². The maximum atomic E-state index is 12.2. The number of amides is 2. The fraction of sp³-hybridized carbons (Fsp3) is 0.353. The summed E-state index contributed by atoms with van der Waals surface area (Å²) >= 11 is 0. The molecule has 0 atom stereocenters. The molecule has 1 aliphatic rings. The maximum Gasteiger partial charge on any atom is 0.312 e. The molecule has 1 fully saturated rings. The summed E-state index contributed by atoms with van der Waals surface area (Å²) in [4.78, 5) is 34.4. The van der Waals surface area contributed by atoms with Crippen molar-refractivity contribution in [2.24, 2.45) is 5.92 Å². The Morgan fingerprint density at radius 1 is 1.19 bits per heavy atom. The summed E-state index contributed by atoms with van der Waals surface area (Å²) in [5, 5.41) is 20.6. The Kier molecular flexibility index (Phi) is 4.70. The molecule has 136 valence electrons. The number of hydrogen-bond acceptors (Lipinski definition) is 5. The second-order valence-corrected chi connectivity index (χ2v) is 6.32. The Labute approximate surface area is 149 Å². The Hall–Kier alpha value is -3.23. The van der Waals surface area contributed by atoms with Crippen LogP contribution >= 0.6 is 0 Å². The molecule has 26 heavy (non-hydrogen) atoms. The Morgan fingerprint density at radius 3 is 2.27 bits per heavy atom. The van der Waals surface area contributed by atoms with Gasteiger partial charge in [0.2, 0.25) is 11.8 Å². The minimum absolute atomic E-state index is 0.0212. The second kappa shape index (κ2) is 6.95. The zero-order chi connectivity index (χ0) is 18.8. The van der Waals surface area contributed by atoms with Crippen molar-refractivity contribution in [3.8, 4) is 0 Å². The number of benzene rings is 1. The van der Waals surface area contributed by atoms with Crippen LogP contribution in [0.25, 0.3) is 0 Å². The SMILES string of the molecule is Cc1nn(CC(=O)Nc2ccc(NC(=O)C3CC3)cc2)c(C)c1[N+](=O)[O-]. The van der Waals surface area contributed by atoms with Crippen LogP contribution in [0, 0.1) is 29.9 Å². The van der Waals surface area contributed by atoms with Crippen LogP contribution < -0.4 is 10.6 Å². The van der Waals surface area contributed by atoms with Crippen LogP contribution in [-0.2, 0) is 16.1 Å². The third kappa shape index (κ3) is 3.88. The van der Waals surface area contributed by atoms with E-state index in [1.807, 2.05) is 0 Å². The largest absolute Gasteiger partial charge is 0.326 e. The highest BCUT2D eigenvalue weighted by Crippen LogP contribution is 2.30. The van der Waals surface area contributed by atoms with Gasteiger partial charge < -0.3 is 10.6 Å². The molecule has 3 rings (SSSR count). The molecule has 0 unspecified atom stereocenters.